The zero-order chi connectivity index (χ0) is 23.3. The summed E-state index contributed by atoms with van der Waals surface area (Å²) in [4.78, 5) is 13.1. The van der Waals surface area contributed by atoms with Gasteiger partial charge in [0.2, 0.25) is 5.91 Å². The van der Waals surface area contributed by atoms with Crippen LogP contribution >= 0.6 is 0 Å². The molecule has 0 fully saturated rings. The summed E-state index contributed by atoms with van der Waals surface area (Å²) >= 11 is 0. The molecule has 0 radical (unpaired) electrons. The van der Waals surface area contributed by atoms with Gasteiger partial charge in [-0.15, -0.1) is 0 Å². The molecule has 6 heteroatoms. The van der Waals surface area contributed by atoms with E-state index in [9.17, 15) is 13.2 Å². The highest BCUT2D eigenvalue weighted by atomic mass is 32.2. The van der Waals surface area contributed by atoms with Crippen LogP contribution in [0.1, 0.15) is 42.1 Å². The first-order valence-corrected chi connectivity index (χ1v) is 12.2. The van der Waals surface area contributed by atoms with Crippen LogP contribution in [0.25, 0.3) is 0 Å². The number of nitrogens with zero attached hydrogens (tertiary/aromatic N) is 1. The second-order valence-corrected chi connectivity index (χ2v) is 9.84. The predicted octanol–water partition coefficient (Wildman–Crippen LogP) is 4.94. The fourth-order valence-electron chi connectivity index (χ4n) is 3.46. The Hall–Kier alpha value is -3.12. The van der Waals surface area contributed by atoms with Crippen LogP contribution in [0.15, 0.2) is 77.7 Å². The first-order chi connectivity index (χ1) is 15.2. The molecule has 0 heterocycles. The first kappa shape index (κ1) is 23.5. The Morgan fingerprint density at radius 3 is 2.19 bits per heavy atom. The number of amides is 1. The molecule has 0 aliphatic carbocycles. The zero-order valence-corrected chi connectivity index (χ0v) is 19.8. The van der Waals surface area contributed by atoms with Crippen LogP contribution in [0.2, 0.25) is 0 Å². The molecular formula is C26H30N2O3S. The molecule has 5 nitrogen and oxygen atoms in total. The van der Waals surface area contributed by atoms with Gasteiger partial charge in [-0.2, -0.15) is 0 Å². The summed E-state index contributed by atoms with van der Waals surface area (Å²) in [5.74, 6) is -0.366. The Balaban J connectivity index is 1.88. The van der Waals surface area contributed by atoms with Gasteiger partial charge in [-0.1, -0.05) is 55.5 Å². The largest absolute Gasteiger partial charge is 0.348 e. The predicted molar refractivity (Wildman–Crippen MR) is 129 cm³/mol. The van der Waals surface area contributed by atoms with Crippen molar-refractivity contribution in [1.82, 2.24) is 5.32 Å². The summed E-state index contributed by atoms with van der Waals surface area (Å²) < 4.78 is 28.1. The van der Waals surface area contributed by atoms with Crippen LogP contribution in [-0.4, -0.2) is 20.9 Å². The van der Waals surface area contributed by atoms with Gasteiger partial charge in [-0.25, -0.2) is 8.42 Å². The molecule has 0 aliphatic rings. The third-order valence-electron chi connectivity index (χ3n) is 5.66. The first-order valence-electron chi connectivity index (χ1n) is 10.8. The highest BCUT2D eigenvalue weighted by Gasteiger charge is 2.27. The Kier molecular flexibility index (Phi) is 7.36. The number of benzene rings is 3. The Labute approximate surface area is 191 Å². The Morgan fingerprint density at radius 2 is 1.59 bits per heavy atom. The quantitative estimate of drug-likeness (QED) is 0.529. The number of anilines is 1. The smallest absolute Gasteiger partial charge is 0.264 e. The number of rotatable bonds is 8. The third-order valence-corrected chi connectivity index (χ3v) is 7.45. The van der Waals surface area contributed by atoms with Gasteiger partial charge in [0.1, 0.15) is 6.54 Å². The summed E-state index contributed by atoms with van der Waals surface area (Å²) in [7, 11) is -3.92. The fourth-order valence-corrected chi connectivity index (χ4v) is 4.89. The molecule has 0 unspecified atom stereocenters. The molecular weight excluding hydrogens is 420 g/mol. The number of hydrogen-bond acceptors (Lipinski definition) is 3. The molecule has 0 saturated carbocycles. The maximum absolute atomic E-state index is 13.4. The molecule has 0 saturated heterocycles. The third kappa shape index (κ3) is 5.37. The lowest BCUT2D eigenvalue weighted by molar-refractivity contribution is -0.120. The van der Waals surface area contributed by atoms with Crippen molar-refractivity contribution in [2.24, 2.45) is 0 Å². The lowest BCUT2D eigenvalue weighted by atomic mass is 10.1. The van der Waals surface area contributed by atoms with Gasteiger partial charge in [0.15, 0.2) is 0 Å². The second kappa shape index (κ2) is 10.0. The molecule has 3 rings (SSSR count). The van der Waals surface area contributed by atoms with Gasteiger partial charge in [-0.05, 0) is 73.7 Å². The minimum atomic E-state index is -3.92. The molecule has 168 valence electrons. The molecule has 0 aliphatic heterocycles. The van der Waals surface area contributed by atoms with Crippen molar-refractivity contribution >= 4 is 21.6 Å². The van der Waals surface area contributed by atoms with E-state index >= 15 is 0 Å². The number of carbonyl (C=O) groups is 1. The topological polar surface area (TPSA) is 66.5 Å². The van der Waals surface area contributed by atoms with Crippen molar-refractivity contribution in [3.8, 4) is 0 Å². The van der Waals surface area contributed by atoms with E-state index in [-0.39, 0.29) is 23.4 Å². The lowest BCUT2D eigenvalue weighted by Crippen LogP contribution is -2.41. The van der Waals surface area contributed by atoms with Gasteiger partial charge in [0.05, 0.1) is 16.6 Å². The van der Waals surface area contributed by atoms with Crippen molar-refractivity contribution in [3.05, 3.63) is 95.1 Å². The summed E-state index contributed by atoms with van der Waals surface area (Å²) in [6, 6.07) is 21.4. The second-order valence-electron chi connectivity index (χ2n) is 7.98. The van der Waals surface area contributed by atoms with Crippen LogP contribution in [0, 0.1) is 13.8 Å². The van der Waals surface area contributed by atoms with E-state index < -0.39 is 10.0 Å². The maximum Gasteiger partial charge on any atom is 0.264 e. The number of hydrogen-bond donors (Lipinski definition) is 1. The van der Waals surface area contributed by atoms with Crippen LogP contribution in [0.4, 0.5) is 5.69 Å². The van der Waals surface area contributed by atoms with Crippen LogP contribution in [-0.2, 0) is 21.2 Å². The highest BCUT2D eigenvalue weighted by Crippen LogP contribution is 2.26. The summed E-state index contributed by atoms with van der Waals surface area (Å²) in [6.45, 7) is 7.57. The van der Waals surface area contributed by atoms with Crippen molar-refractivity contribution in [1.29, 1.82) is 0 Å². The number of aryl methyl sites for hydroxylation is 3. The van der Waals surface area contributed by atoms with Crippen molar-refractivity contribution in [2.75, 3.05) is 10.8 Å². The van der Waals surface area contributed by atoms with E-state index in [0.29, 0.717) is 5.69 Å². The SMILES string of the molecule is CCc1ccc([C@@H](C)NC(=O)CN(c2ccc(C)c(C)c2)S(=O)(=O)c2ccccc2)cc1. The Bertz CT molecular complexity index is 1170. The van der Waals surface area contributed by atoms with Crippen molar-refractivity contribution < 1.29 is 13.2 Å². The normalized spacial score (nSPS) is 12.2. The van der Waals surface area contributed by atoms with Gasteiger partial charge in [-0.3, -0.25) is 9.10 Å². The molecule has 1 amide bonds. The zero-order valence-electron chi connectivity index (χ0n) is 19.0. The summed E-state index contributed by atoms with van der Waals surface area (Å²) in [6.07, 6.45) is 0.948. The molecule has 32 heavy (non-hydrogen) atoms. The molecule has 0 aromatic heterocycles. The molecule has 0 bridgehead atoms. The van der Waals surface area contributed by atoms with Crippen LogP contribution < -0.4 is 9.62 Å². The minimum absolute atomic E-state index is 0.147. The number of carbonyl (C=O) groups excluding carboxylic acids is 1. The summed E-state index contributed by atoms with van der Waals surface area (Å²) in [5.41, 5.74) is 4.67. The van der Waals surface area contributed by atoms with Crippen molar-refractivity contribution in [3.63, 3.8) is 0 Å². The van der Waals surface area contributed by atoms with E-state index in [1.807, 2.05) is 51.1 Å². The van der Waals surface area contributed by atoms with Crippen LogP contribution in [0.3, 0.4) is 0 Å². The van der Waals surface area contributed by atoms with Gasteiger partial charge >= 0.3 is 0 Å². The average Bonchev–Trinajstić information content (AvgIpc) is 2.80. The molecule has 3 aromatic carbocycles. The Morgan fingerprint density at radius 1 is 0.938 bits per heavy atom. The fraction of sp³-hybridized carbons (Fsp3) is 0.269. The van der Waals surface area contributed by atoms with Gasteiger partial charge in [0, 0.05) is 0 Å². The summed E-state index contributed by atoms with van der Waals surface area (Å²) in [5, 5.41) is 2.94. The lowest BCUT2D eigenvalue weighted by Gasteiger charge is -2.25. The van der Waals surface area contributed by atoms with E-state index in [0.717, 1.165) is 23.1 Å². The molecule has 1 N–H and O–H groups in total. The van der Waals surface area contributed by atoms with Gasteiger partial charge < -0.3 is 5.32 Å². The maximum atomic E-state index is 13.4. The monoisotopic (exact) mass is 450 g/mol. The molecule has 0 spiro atoms. The van der Waals surface area contributed by atoms with E-state index in [1.165, 1.54) is 9.87 Å². The van der Waals surface area contributed by atoms with E-state index in [2.05, 4.69) is 12.2 Å². The average molecular weight is 451 g/mol. The van der Waals surface area contributed by atoms with Crippen molar-refractivity contribution in [2.45, 2.75) is 45.1 Å². The minimum Gasteiger partial charge on any atom is -0.348 e. The van der Waals surface area contributed by atoms with Crippen LogP contribution in [0.5, 0.6) is 0 Å². The van der Waals surface area contributed by atoms with Gasteiger partial charge in [0.25, 0.3) is 10.0 Å². The number of sulfonamides is 1. The highest BCUT2D eigenvalue weighted by molar-refractivity contribution is 7.92. The molecule has 1 atom stereocenters. The standard InChI is InChI=1S/C26H30N2O3S/c1-5-22-12-14-23(15-13-22)21(4)27-26(29)18-28(24-16-11-19(2)20(3)17-24)32(30,31)25-9-7-6-8-10-25/h6-17,21H,5,18H2,1-4H3,(H,27,29)/t21-/m1/s1. The van der Waals surface area contributed by atoms with E-state index in [4.69, 9.17) is 0 Å². The van der Waals surface area contributed by atoms with E-state index in [1.54, 1.807) is 42.5 Å². The number of nitrogens with one attached hydrogen (secondary N) is 1. The molecule has 3 aromatic rings.